The number of carbonyl (C=O) groups excluding carboxylic acids is 9. The average Bonchev–Trinajstić information content (AvgIpc) is 1.08. The molecule has 2 saturated heterocycles. The number of hydrogen-bond donors (Lipinski definition) is 2. The number of hydrogen-bond acceptors (Lipinski definition) is 16. The molecule has 2 heterocycles. The fourth-order valence-electron chi connectivity index (χ4n) is 11.1. The zero-order valence-electron chi connectivity index (χ0n) is 61.0. The first-order chi connectivity index (χ1) is 43.6. The summed E-state index contributed by atoms with van der Waals surface area (Å²) in [5.74, 6) is -5.03. The number of hydroxylamine groups is 4. The monoisotopic (exact) mass is 1340 g/mol. The van der Waals surface area contributed by atoms with Crippen LogP contribution >= 0.6 is 0 Å². The first kappa shape index (κ1) is 91.1. The van der Waals surface area contributed by atoms with Gasteiger partial charge in [0, 0.05) is 38.5 Å². The fourth-order valence-corrected chi connectivity index (χ4v) is 11.1. The van der Waals surface area contributed by atoms with Crippen molar-refractivity contribution in [2.24, 2.45) is 10.8 Å². The minimum atomic E-state index is -1.30. The maximum absolute atomic E-state index is 13.7. The van der Waals surface area contributed by atoms with Crippen LogP contribution in [-0.4, -0.2) is 102 Å². The van der Waals surface area contributed by atoms with Crippen LogP contribution in [-0.2, 0) is 71.7 Å². The third-order valence-corrected chi connectivity index (χ3v) is 16.3. The van der Waals surface area contributed by atoms with Crippen molar-refractivity contribution in [3.8, 4) is 0 Å². The van der Waals surface area contributed by atoms with Gasteiger partial charge in [0.05, 0.1) is 0 Å². The van der Waals surface area contributed by atoms with E-state index in [0.717, 1.165) is 135 Å². The van der Waals surface area contributed by atoms with Gasteiger partial charge in [-0.1, -0.05) is 227 Å². The molecule has 2 rings (SSSR count). The smallest absolute Gasteiger partial charge is 0.333 e. The maximum atomic E-state index is 13.7. The Bertz CT molecular complexity index is 2090. The van der Waals surface area contributed by atoms with E-state index in [4.69, 9.17) is 34.1 Å². The highest BCUT2D eigenvalue weighted by molar-refractivity contribution is 6.02. The summed E-state index contributed by atoms with van der Waals surface area (Å²) in [5.41, 5.74) is -5.34. The van der Waals surface area contributed by atoms with Gasteiger partial charge in [-0.3, -0.25) is 48.4 Å². The van der Waals surface area contributed by atoms with Gasteiger partial charge < -0.3 is 28.9 Å². The second-order valence-corrected chi connectivity index (χ2v) is 30.0. The lowest BCUT2D eigenvalue weighted by atomic mass is 9.77. The average molecular weight is 1340 g/mol. The lowest BCUT2D eigenvalue weighted by Crippen LogP contribution is -2.46. The van der Waals surface area contributed by atoms with Crippen LogP contribution in [0.5, 0.6) is 0 Å². The van der Waals surface area contributed by atoms with Gasteiger partial charge in [0.2, 0.25) is 0 Å². The van der Waals surface area contributed by atoms with Crippen molar-refractivity contribution in [2.45, 2.75) is 409 Å². The van der Waals surface area contributed by atoms with E-state index in [1.165, 1.54) is 77.0 Å². The van der Waals surface area contributed by atoms with E-state index in [9.17, 15) is 47.9 Å². The highest BCUT2D eigenvalue weighted by Crippen LogP contribution is 2.40. The summed E-state index contributed by atoms with van der Waals surface area (Å²) >= 11 is 0. The fraction of sp³-hybridized carbons (Fsp3) is 0.867. The highest BCUT2D eigenvalue weighted by Gasteiger charge is 2.51. The Morgan fingerprint density at radius 3 is 0.766 bits per heavy atom. The molecule has 0 aromatic rings. The summed E-state index contributed by atoms with van der Waals surface area (Å²) in [7, 11) is 0. The van der Waals surface area contributed by atoms with Crippen molar-refractivity contribution in [1.82, 2.24) is 10.1 Å². The van der Waals surface area contributed by atoms with Gasteiger partial charge in [0.15, 0.2) is 10.8 Å². The molecule has 0 aromatic carbocycles. The zero-order chi connectivity index (χ0) is 70.6. The molecule has 2 aliphatic rings. The molecule has 548 valence electrons. The summed E-state index contributed by atoms with van der Waals surface area (Å²) in [4.78, 5) is 126. The third kappa shape index (κ3) is 44.0. The Morgan fingerprint density at radius 2 is 0.553 bits per heavy atom. The molecule has 0 aromatic heterocycles. The van der Waals surface area contributed by atoms with Gasteiger partial charge in [-0.15, -0.1) is 5.06 Å². The number of carboxylic acid groups (broad SMARTS) is 1. The van der Waals surface area contributed by atoms with E-state index >= 15 is 0 Å². The molecule has 0 bridgehead atoms. The molecule has 2 N–H and O–H groups in total. The lowest BCUT2D eigenvalue weighted by Gasteiger charge is -2.35. The predicted molar refractivity (Wildman–Crippen MR) is 369 cm³/mol. The van der Waals surface area contributed by atoms with Crippen LogP contribution in [0.15, 0.2) is 0 Å². The van der Waals surface area contributed by atoms with Gasteiger partial charge in [0.1, 0.15) is 22.4 Å². The number of carboxylic acids is 1. The Morgan fingerprint density at radius 1 is 0.340 bits per heavy atom. The molecule has 19 heteroatoms. The van der Waals surface area contributed by atoms with Crippen molar-refractivity contribution in [1.29, 1.82) is 0 Å². The number of nitrogens with zero attached hydrogens (tertiary/aromatic N) is 2. The van der Waals surface area contributed by atoms with Gasteiger partial charge in [-0.2, -0.15) is 5.06 Å². The minimum Gasteiger partial charge on any atom is -0.481 e. The summed E-state index contributed by atoms with van der Waals surface area (Å²) in [5, 5.41) is 17.9. The molecular formula is C75H136N2O17. The molecule has 0 unspecified atom stereocenters. The van der Waals surface area contributed by atoms with Crippen molar-refractivity contribution in [3.05, 3.63) is 0 Å². The zero-order valence-corrected chi connectivity index (χ0v) is 61.0. The first-order valence-electron chi connectivity index (χ1n) is 36.3. The second-order valence-electron chi connectivity index (χ2n) is 30.0. The molecule has 0 atom stereocenters. The van der Waals surface area contributed by atoms with Crippen LogP contribution in [0.4, 0.5) is 0 Å². The largest absolute Gasteiger partial charge is 0.481 e. The Balaban J connectivity index is 0. The maximum Gasteiger partial charge on any atom is 0.333 e. The van der Waals surface area contributed by atoms with Crippen LogP contribution < -0.4 is 0 Å². The summed E-state index contributed by atoms with van der Waals surface area (Å²) in [6.07, 6.45) is 38.4. The molecule has 19 nitrogen and oxygen atoms in total. The minimum absolute atomic E-state index is 0. The number of esters is 4. The molecule has 0 aliphatic carbocycles. The van der Waals surface area contributed by atoms with Gasteiger partial charge in [-0.25, -0.2) is 4.79 Å². The van der Waals surface area contributed by atoms with E-state index < -0.39 is 92.7 Å². The number of ether oxygens (including phenoxy) is 4. The van der Waals surface area contributed by atoms with Gasteiger partial charge >= 0.3 is 35.8 Å². The summed E-state index contributed by atoms with van der Waals surface area (Å²) in [6, 6.07) is 0. The van der Waals surface area contributed by atoms with Crippen LogP contribution in [0.25, 0.3) is 0 Å². The topological polar surface area (TPSA) is 264 Å². The molecule has 0 spiro atoms. The van der Waals surface area contributed by atoms with Crippen molar-refractivity contribution >= 4 is 59.4 Å². The molecule has 2 aliphatic heterocycles. The van der Waals surface area contributed by atoms with E-state index in [-0.39, 0.29) is 51.0 Å². The molecule has 4 amide bonds. The Kier molecular flexibility index (Phi) is 48.0. The predicted octanol–water partition coefficient (Wildman–Crippen LogP) is 18.8. The van der Waals surface area contributed by atoms with Gasteiger partial charge in [0.25, 0.3) is 23.6 Å². The molecule has 0 radical (unpaired) electrons. The van der Waals surface area contributed by atoms with Crippen molar-refractivity contribution in [3.63, 3.8) is 0 Å². The van der Waals surface area contributed by atoms with Crippen molar-refractivity contribution < 1.29 is 82.0 Å². The number of amides is 4. The number of carbonyl (C=O) groups is 10. The Hall–Kier alpha value is -4.94. The Labute approximate surface area is 569 Å². The molecule has 2 fully saturated rings. The lowest BCUT2D eigenvalue weighted by molar-refractivity contribution is -0.197. The van der Waals surface area contributed by atoms with Crippen LogP contribution in [0.3, 0.4) is 0 Å². The highest BCUT2D eigenvalue weighted by atomic mass is 16.7. The summed E-state index contributed by atoms with van der Waals surface area (Å²) < 4.78 is 23.4. The number of imide groups is 2. The third-order valence-electron chi connectivity index (χ3n) is 16.3. The van der Waals surface area contributed by atoms with Crippen LogP contribution in [0.2, 0.25) is 0 Å². The standard InChI is InChI=1S/C37H65NO8.C33H62O6.C4H5NO3.CH4/c1-8-9-10-11-12-14-17-20-23-28-37(33(42)44-35(2,3)4,34(43)45-36(5,6)7)29-24-21-18-15-13-16-19-22-25-32(41)46-38-30(39)26-27-31(38)40;1-8-9-10-11-12-14-17-20-23-26-33(29(36)38-31(2,3)4,30(37)39-32(5,6)7)27-24-21-18-15-13-16-19-22-25-28(34)35;6-3-1-2-4(7)5(3)8;/h8-29H2,1-7H3;8-27H2,1-7H3,(H,34,35);8H,1-2H2;1H4. The van der Waals surface area contributed by atoms with Gasteiger partial charge in [-0.05, 0) is 122 Å². The number of unbranched alkanes of at least 4 members (excludes halogenated alkanes) is 30. The second kappa shape index (κ2) is 49.6. The molecular weight excluding hydrogens is 1200 g/mol. The van der Waals surface area contributed by atoms with E-state index in [1.54, 1.807) is 0 Å². The van der Waals surface area contributed by atoms with Crippen LogP contribution in [0, 0.1) is 10.8 Å². The number of aliphatic carboxylic acids is 1. The SMILES string of the molecule is C.CCCCCCCCCCCC(CCCCCCCCCCC(=O)O)(C(=O)OC(C)(C)C)C(=O)OC(C)(C)C.CCCCCCCCCCCC(CCCCCCCCCCC(=O)ON1C(=O)CCC1=O)(C(=O)OC(C)(C)C)C(=O)OC(C)(C)C.O=C1CCC(=O)N1O. The normalized spacial score (nSPS) is 13.8. The van der Waals surface area contributed by atoms with E-state index in [1.807, 2.05) is 83.1 Å². The van der Waals surface area contributed by atoms with E-state index in [2.05, 4.69) is 13.8 Å². The summed E-state index contributed by atoms with van der Waals surface area (Å²) in [6.45, 7) is 26.5. The quantitative estimate of drug-likeness (QED) is 0.0143. The van der Waals surface area contributed by atoms with E-state index in [0.29, 0.717) is 37.2 Å². The first-order valence-corrected chi connectivity index (χ1v) is 36.3. The van der Waals surface area contributed by atoms with Crippen molar-refractivity contribution in [2.75, 3.05) is 0 Å². The molecule has 94 heavy (non-hydrogen) atoms. The number of rotatable bonds is 47. The molecule has 0 saturated carbocycles. The van der Waals surface area contributed by atoms with Crippen LogP contribution in [0.1, 0.15) is 387 Å².